The van der Waals surface area contributed by atoms with Crippen LogP contribution in [0.15, 0.2) is 80.8 Å². The van der Waals surface area contributed by atoms with Gasteiger partial charge >= 0.3 is 5.63 Å². The third-order valence-electron chi connectivity index (χ3n) is 4.25. The summed E-state index contributed by atoms with van der Waals surface area (Å²) in [4.78, 5) is 12.2. The van der Waals surface area contributed by atoms with Crippen LogP contribution >= 0.6 is 0 Å². The SMILES string of the molecule is NS(=O)(=O)c1ccc(COc2ccc3c(c2)oc(=O)c2ccccc23)cc1. The van der Waals surface area contributed by atoms with Gasteiger partial charge in [0.25, 0.3) is 0 Å². The maximum absolute atomic E-state index is 12.1. The van der Waals surface area contributed by atoms with Crippen LogP contribution in [0.2, 0.25) is 0 Å². The summed E-state index contributed by atoms with van der Waals surface area (Å²) in [6.45, 7) is 0.230. The van der Waals surface area contributed by atoms with E-state index in [1.165, 1.54) is 12.1 Å². The third kappa shape index (κ3) is 3.42. The van der Waals surface area contributed by atoms with E-state index in [1.807, 2.05) is 18.2 Å². The number of rotatable bonds is 4. The van der Waals surface area contributed by atoms with Crippen LogP contribution in [0.1, 0.15) is 5.56 Å². The highest BCUT2D eigenvalue weighted by Crippen LogP contribution is 2.26. The summed E-state index contributed by atoms with van der Waals surface area (Å²) in [5.41, 5.74) is 0.831. The minimum absolute atomic E-state index is 0.0469. The molecule has 136 valence electrons. The van der Waals surface area contributed by atoms with Gasteiger partial charge in [-0.2, -0.15) is 0 Å². The highest BCUT2D eigenvalue weighted by molar-refractivity contribution is 7.89. The maximum atomic E-state index is 12.1. The first-order chi connectivity index (χ1) is 12.9. The maximum Gasteiger partial charge on any atom is 0.344 e. The Kier molecular flexibility index (Phi) is 4.18. The monoisotopic (exact) mass is 381 g/mol. The first-order valence-corrected chi connectivity index (χ1v) is 9.66. The van der Waals surface area contributed by atoms with Crippen molar-refractivity contribution in [1.29, 1.82) is 0 Å². The quantitative estimate of drug-likeness (QED) is 0.432. The second kappa shape index (κ2) is 6.53. The van der Waals surface area contributed by atoms with E-state index in [-0.39, 0.29) is 11.5 Å². The Morgan fingerprint density at radius 3 is 2.30 bits per heavy atom. The van der Waals surface area contributed by atoms with Crippen molar-refractivity contribution in [3.8, 4) is 5.75 Å². The van der Waals surface area contributed by atoms with Gasteiger partial charge in [-0.3, -0.25) is 0 Å². The van der Waals surface area contributed by atoms with Gasteiger partial charge in [-0.15, -0.1) is 0 Å². The average Bonchev–Trinajstić information content (AvgIpc) is 2.66. The van der Waals surface area contributed by atoms with Crippen LogP contribution in [0.5, 0.6) is 5.75 Å². The van der Waals surface area contributed by atoms with Crippen LogP contribution < -0.4 is 15.5 Å². The van der Waals surface area contributed by atoms with Crippen LogP contribution in [0.3, 0.4) is 0 Å². The van der Waals surface area contributed by atoms with Gasteiger partial charge in [0.2, 0.25) is 10.0 Å². The number of fused-ring (bicyclic) bond motifs is 3. The topological polar surface area (TPSA) is 99.6 Å². The van der Waals surface area contributed by atoms with E-state index < -0.39 is 15.6 Å². The fraction of sp³-hybridized carbons (Fsp3) is 0.0500. The molecular weight excluding hydrogens is 366 g/mol. The standard InChI is InChI=1S/C20H15NO5S/c21-27(23,24)15-8-5-13(6-9-15)12-25-14-7-10-17-16-3-1-2-4-18(16)20(22)26-19(17)11-14/h1-11H,12H2,(H2,21,23,24). The van der Waals surface area contributed by atoms with Gasteiger partial charge in [0.1, 0.15) is 17.9 Å². The Bertz CT molecular complexity index is 1310. The molecule has 0 atom stereocenters. The predicted molar refractivity (Wildman–Crippen MR) is 102 cm³/mol. The van der Waals surface area contributed by atoms with Crippen LogP contribution in [-0.4, -0.2) is 8.42 Å². The van der Waals surface area contributed by atoms with Crippen LogP contribution in [0, 0.1) is 0 Å². The molecule has 1 heterocycles. The van der Waals surface area contributed by atoms with Gasteiger partial charge in [0, 0.05) is 11.5 Å². The molecule has 3 aromatic carbocycles. The van der Waals surface area contributed by atoms with Gasteiger partial charge in [-0.25, -0.2) is 18.4 Å². The Morgan fingerprint density at radius 2 is 1.59 bits per heavy atom. The Morgan fingerprint density at radius 1 is 0.889 bits per heavy atom. The van der Waals surface area contributed by atoms with Crippen molar-refractivity contribution in [2.45, 2.75) is 11.5 Å². The fourth-order valence-electron chi connectivity index (χ4n) is 2.89. The summed E-state index contributed by atoms with van der Waals surface area (Å²) in [6.07, 6.45) is 0. The zero-order valence-corrected chi connectivity index (χ0v) is 14.9. The number of nitrogens with two attached hydrogens (primary N) is 1. The molecule has 4 rings (SSSR count). The average molecular weight is 381 g/mol. The fourth-order valence-corrected chi connectivity index (χ4v) is 3.41. The van der Waals surface area contributed by atoms with E-state index in [1.54, 1.807) is 36.4 Å². The summed E-state index contributed by atoms with van der Waals surface area (Å²) in [5, 5.41) is 7.27. The first-order valence-electron chi connectivity index (χ1n) is 8.12. The summed E-state index contributed by atoms with van der Waals surface area (Å²) >= 11 is 0. The van der Waals surface area contributed by atoms with Crippen molar-refractivity contribution >= 4 is 31.8 Å². The molecule has 6 nitrogen and oxygen atoms in total. The zero-order valence-electron chi connectivity index (χ0n) is 14.1. The highest BCUT2D eigenvalue weighted by Gasteiger charge is 2.09. The predicted octanol–water partition coefficient (Wildman–Crippen LogP) is 3.17. The molecule has 7 heteroatoms. The molecule has 0 saturated heterocycles. The summed E-state index contributed by atoms with van der Waals surface area (Å²) in [5.74, 6) is 0.538. The lowest BCUT2D eigenvalue weighted by atomic mass is 10.1. The number of ether oxygens (including phenoxy) is 1. The van der Waals surface area contributed by atoms with Crippen molar-refractivity contribution in [2.24, 2.45) is 5.14 Å². The summed E-state index contributed by atoms with van der Waals surface area (Å²) in [6, 6.07) is 18.7. The number of sulfonamides is 1. The van der Waals surface area contributed by atoms with Gasteiger partial charge < -0.3 is 9.15 Å². The molecule has 0 amide bonds. The van der Waals surface area contributed by atoms with E-state index in [2.05, 4.69) is 0 Å². The van der Waals surface area contributed by atoms with Crippen molar-refractivity contribution in [2.75, 3.05) is 0 Å². The molecule has 0 bridgehead atoms. The molecule has 0 fully saturated rings. The lowest BCUT2D eigenvalue weighted by molar-refractivity contribution is 0.306. The van der Waals surface area contributed by atoms with Crippen molar-refractivity contribution in [3.63, 3.8) is 0 Å². The van der Waals surface area contributed by atoms with Crippen LogP contribution in [-0.2, 0) is 16.6 Å². The zero-order chi connectivity index (χ0) is 19.0. The Hall–Kier alpha value is -3.16. The van der Waals surface area contributed by atoms with Gasteiger partial charge in [0.05, 0.1) is 10.3 Å². The summed E-state index contributed by atoms with van der Waals surface area (Å²) in [7, 11) is -3.72. The normalized spacial score (nSPS) is 11.7. The third-order valence-corrected chi connectivity index (χ3v) is 5.18. The Labute approximate surface area is 154 Å². The molecule has 0 radical (unpaired) electrons. The molecule has 0 aliphatic heterocycles. The lowest BCUT2D eigenvalue weighted by Gasteiger charge is -2.08. The highest BCUT2D eigenvalue weighted by atomic mass is 32.2. The molecule has 1 aromatic heterocycles. The van der Waals surface area contributed by atoms with Gasteiger partial charge in [-0.05, 0) is 41.3 Å². The molecule has 2 N–H and O–H groups in total. The number of primary sulfonamides is 1. The van der Waals surface area contributed by atoms with E-state index >= 15 is 0 Å². The Balaban J connectivity index is 1.61. The molecule has 4 aromatic rings. The molecule has 0 spiro atoms. The van der Waals surface area contributed by atoms with E-state index in [9.17, 15) is 13.2 Å². The van der Waals surface area contributed by atoms with E-state index in [0.29, 0.717) is 16.7 Å². The summed E-state index contributed by atoms with van der Waals surface area (Å²) < 4.78 is 33.7. The van der Waals surface area contributed by atoms with Gasteiger partial charge in [0.15, 0.2) is 0 Å². The largest absolute Gasteiger partial charge is 0.489 e. The molecule has 27 heavy (non-hydrogen) atoms. The molecule has 0 aliphatic rings. The lowest BCUT2D eigenvalue weighted by Crippen LogP contribution is -2.12. The smallest absolute Gasteiger partial charge is 0.344 e. The van der Waals surface area contributed by atoms with Crippen molar-refractivity contribution < 1.29 is 17.6 Å². The minimum Gasteiger partial charge on any atom is -0.489 e. The molecule has 0 aliphatic carbocycles. The van der Waals surface area contributed by atoms with Crippen LogP contribution in [0.4, 0.5) is 0 Å². The van der Waals surface area contributed by atoms with E-state index in [0.717, 1.165) is 16.3 Å². The number of benzene rings is 3. The molecular formula is C20H15NO5S. The van der Waals surface area contributed by atoms with Crippen LogP contribution in [0.25, 0.3) is 21.7 Å². The second-order valence-electron chi connectivity index (χ2n) is 6.07. The molecule has 0 saturated carbocycles. The van der Waals surface area contributed by atoms with E-state index in [4.69, 9.17) is 14.3 Å². The second-order valence-corrected chi connectivity index (χ2v) is 7.63. The first kappa shape index (κ1) is 17.3. The number of hydrogen-bond donors (Lipinski definition) is 1. The molecule has 0 unspecified atom stereocenters. The van der Waals surface area contributed by atoms with Crippen molar-refractivity contribution in [1.82, 2.24) is 0 Å². The van der Waals surface area contributed by atoms with Gasteiger partial charge in [-0.1, -0.05) is 30.3 Å². The van der Waals surface area contributed by atoms with Crippen molar-refractivity contribution in [3.05, 3.63) is 82.7 Å². The minimum atomic E-state index is -3.72. The number of hydrogen-bond acceptors (Lipinski definition) is 5.